The summed E-state index contributed by atoms with van der Waals surface area (Å²) >= 11 is 1.67. The molecule has 0 radical (unpaired) electrons. The summed E-state index contributed by atoms with van der Waals surface area (Å²) in [5.74, 6) is -0.331. The number of carbonyl (C=O) groups excluding carboxylic acids is 1. The number of rotatable bonds is 6. The first-order valence-corrected chi connectivity index (χ1v) is 8.22. The highest BCUT2D eigenvalue weighted by atomic mass is 32.2. The third-order valence-corrected chi connectivity index (χ3v) is 4.16. The van der Waals surface area contributed by atoms with Crippen LogP contribution in [0.3, 0.4) is 0 Å². The fourth-order valence-corrected chi connectivity index (χ4v) is 3.07. The quantitative estimate of drug-likeness (QED) is 0.805. The minimum absolute atomic E-state index is 0.0832. The normalized spacial score (nSPS) is 10.7. The highest BCUT2D eigenvalue weighted by Gasteiger charge is 2.11. The summed E-state index contributed by atoms with van der Waals surface area (Å²) in [5.41, 5.74) is 1.57. The summed E-state index contributed by atoms with van der Waals surface area (Å²) in [4.78, 5) is 13.3. The fraction of sp³-hybridized carbons (Fsp3) is 0.278. The van der Waals surface area contributed by atoms with E-state index >= 15 is 0 Å². The number of nitrogens with one attached hydrogen (secondary N) is 1. The Morgan fingerprint density at radius 2 is 1.95 bits per heavy atom. The zero-order valence-electron chi connectivity index (χ0n) is 12.8. The molecule has 1 amide bonds. The van der Waals surface area contributed by atoms with E-state index in [0.717, 1.165) is 10.5 Å². The van der Waals surface area contributed by atoms with Gasteiger partial charge in [0.2, 0.25) is 0 Å². The fourth-order valence-electron chi connectivity index (χ4n) is 2.12. The molecule has 0 heterocycles. The van der Waals surface area contributed by atoms with Crippen molar-refractivity contribution < 1.29 is 9.18 Å². The van der Waals surface area contributed by atoms with Gasteiger partial charge >= 0.3 is 0 Å². The van der Waals surface area contributed by atoms with Crippen LogP contribution in [0.25, 0.3) is 0 Å². The molecule has 22 heavy (non-hydrogen) atoms. The van der Waals surface area contributed by atoms with Crippen molar-refractivity contribution in [3.05, 3.63) is 65.5 Å². The Bertz CT molecular complexity index is 642. The maximum atomic E-state index is 13.1. The van der Waals surface area contributed by atoms with Crippen LogP contribution in [-0.4, -0.2) is 17.7 Å². The molecule has 0 saturated carbocycles. The van der Waals surface area contributed by atoms with Gasteiger partial charge in [0.1, 0.15) is 5.82 Å². The van der Waals surface area contributed by atoms with Gasteiger partial charge in [-0.25, -0.2) is 4.39 Å². The van der Waals surface area contributed by atoms with Crippen LogP contribution in [0, 0.1) is 5.82 Å². The lowest BCUT2D eigenvalue weighted by Crippen LogP contribution is -2.26. The molecule has 116 valence electrons. The minimum Gasteiger partial charge on any atom is -0.352 e. The van der Waals surface area contributed by atoms with E-state index in [1.165, 1.54) is 12.1 Å². The van der Waals surface area contributed by atoms with Gasteiger partial charge in [0.25, 0.3) is 5.91 Å². The van der Waals surface area contributed by atoms with Gasteiger partial charge in [0, 0.05) is 16.7 Å². The van der Waals surface area contributed by atoms with E-state index in [9.17, 15) is 9.18 Å². The van der Waals surface area contributed by atoms with Gasteiger partial charge in [-0.05, 0) is 36.2 Å². The molecule has 0 saturated heterocycles. The molecule has 2 nitrogen and oxygen atoms in total. The highest BCUT2D eigenvalue weighted by molar-refractivity contribution is 8.00. The topological polar surface area (TPSA) is 29.1 Å². The summed E-state index contributed by atoms with van der Waals surface area (Å²) in [7, 11) is 0. The summed E-state index contributed by atoms with van der Waals surface area (Å²) < 4.78 is 13.1. The first-order valence-electron chi connectivity index (χ1n) is 7.34. The van der Waals surface area contributed by atoms with Gasteiger partial charge in [-0.3, -0.25) is 4.79 Å². The van der Waals surface area contributed by atoms with Crippen LogP contribution in [0.1, 0.15) is 29.8 Å². The molecule has 0 aliphatic carbocycles. The number of hydrogen-bond donors (Lipinski definition) is 1. The summed E-state index contributed by atoms with van der Waals surface area (Å²) in [6, 6.07) is 14.1. The van der Waals surface area contributed by atoms with Crippen molar-refractivity contribution in [3.8, 4) is 0 Å². The van der Waals surface area contributed by atoms with E-state index in [2.05, 4.69) is 19.2 Å². The standard InChI is InChI=1S/C18H20FNOS/c1-13(2)22-17-9-4-3-8-16(17)18(21)20-11-10-14-6-5-7-15(19)12-14/h3-9,12-13H,10-11H2,1-2H3,(H,20,21). The Labute approximate surface area is 135 Å². The average Bonchev–Trinajstić information content (AvgIpc) is 2.47. The van der Waals surface area contributed by atoms with Crippen molar-refractivity contribution >= 4 is 17.7 Å². The van der Waals surface area contributed by atoms with E-state index in [4.69, 9.17) is 0 Å². The zero-order valence-corrected chi connectivity index (χ0v) is 13.6. The molecular formula is C18H20FNOS. The molecule has 4 heteroatoms. The van der Waals surface area contributed by atoms with Crippen LogP contribution in [-0.2, 0) is 6.42 Å². The number of thioether (sulfide) groups is 1. The molecular weight excluding hydrogens is 297 g/mol. The van der Waals surface area contributed by atoms with Crippen LogP contribution in [0.15, 0.2) is 53.4 Å². The van der Waals surface area contributed by atoms with Gasteiger partial charge in [0.05, 0.1) is 5.56 Å². The molecule has 0 unspecified atom stereocenters. The first kappa shape index (κ1) is 16.6. The molecule has 2 aromatic rings. The Hall–Kier alpha value is -1.81. The number of hydrogen-bond acceptors (Lipinski definition) is 2. The second-order valence-electron chi connectivity index (χ2n) is 5.30. The zero-order chi connectivity index (χ0) is 15.9. The smallest absolute Gasteiger partial charge is 0.252 e. The number of carbonyl (C=O) groups is 1. The number of benzene rings is 2. The maximum Gasteiger partial charge on any atom is 0.252 e. The van der Waals surface area contributed by atoms with Crippen LogP contribution in [0.5, 0.6) is 0 Å². The highest BCUT2D eigenvalue weighted by Crippen LogP contribution is 2.26. The molecule has 2 aromatic carbocycles. The van der Waals surface area contributed by atoms with Crippen LogP contribution >= 0.6 is 11.8 Å². The Morgan fingerprint density at radius 3 is 2.68 bits per heavy atom. The largest absolute Gasteiger partial charge is 0.352 e. The summed E-state index contributed by atoms with van der Waals surface area (Å²) in [6.07, 6.45) is 0.614. The van der Waals surface area contributed by atoms with Gasteiger partial charge < -0.3 is 5.32 Å². The van der Waals surface area contributed by atoms with Gasteiger partial charge in [-0.1, -0.05) is 38.1 Å². The third-order valence-electron chi connectivity index (χ3n) is 3.08. The van der Waals surface area contributed by atoms with Crippen molar-refractivity contribution in [1.29, 1.82) is 0 Å². The molecule has 1 N–H and O–H groups in total. The maximum absolute atomic E-state index is 13.1. The predicted molar refractivity (Wildman–Crippen MR) is 89.9 cm³/mol. The second-order valence-corrected chi connectivity index (χ2v) is 6.92. The Balaban J connectivity index is 1.95. The predicted octanol–water partition coefficient (Wildman–Crippen LogP) is 4.30. The van der Waals surface area contributed by atoms with E-state index in [1.807, 2.05) is 30.3 Å². The number of amides is 1. The Kier molecular flexibility index (Phi) is 6.01. The lowest BCUT2D eigenvalue weighted by atomic mass is 10.1. The Morgan fingerprint density at radius 1 is 1.18 bits per heavy atom. The first-order chi connectivity index (χ1) is 10.6. The molecule has 0 bridgehead atoms. The molecule has 0 atom stereocenters. The SMILES string of the molecule is CC(C)Sc1ccccc1C(=O)NCCc1cccc(F)c1. The molecule has 2 rings (SSSR count). The van der Waals surface area contributed by atoms with E-state index in [0.29, 0.717) is 23.8 Å². The van der Waals surface area contributed by atoms with E-state index in [-0.39, 0.29) is 11.7 Å². The van der Waals surface area contributed by atoms with Crippen LogP contribution < -0.4 is 5.32 Å². The van der Waals surface area contributed by atoms with Crippen molar-refractivity contribution in [1.82, 2.24) is 5.32 Å². The van der Waals surface area contributed by atoms with Crippen molar-refractivity contribution in [2.24, 2.45) is 0 Å². The molecule has 0 aromatic heterocycles. The van der Waals surface area contributed by atoms with Gasteiger partial charge in [0.15, 0.2) is 0 Å². The van der Waals surface area contributed by atoms with Crippen LogP contribution in [0.4, 0.5) is 4.39 Å². The number of halogens is 1. The summed E-state index contributed by atoms with van der Waals surface area (Å²) in [5, 5.41) is 3.32. The molecule has 0 aliphatic heterocycles. The molecule has 0 aliphatic rings. The van der Waals surface area contributed by atoms with Crippen LogP contribution in [0.2, 0.25) is 0 Å². The third kappa shape index (κ3) is 4.88. The monoisotopic (exact) mass is 317 g/mol. The van der Waals surface area contributed by atoms with Crippen molar-refractivity contribution in [2.75, 3.05) is 6.54 Å². The minimum atomic E-state index is -0.248. The van der Waals surface area contributed by atoms with Gasteiger partial charge in [-0.2, -0.15) is 0 Å². The second kappa shape index (κ2) is 7.99. The summed E-state index contributed by atoms with van der Waals surface area (Å²) in [6.45, 7) is 4.69. The molecule has 0 fully saturated rings. The van der Waals surface area contributed by atoms with Crippen molar-refractivity contribution in [3.63, 3.8) is 0 Å². The van der Waals surface area contributed by atoms with E-state index in [1.54, 1.807) is 17.8 Å². The van der Waals surface area contributed by atoms with Crippen molar-refractivity contribution in [2.45, 2.75) is 30.4 Å². The lowest BCUT2D eigenvalue weighted by Gasteiger charge is -2.11. The molecule has 0 spiro atoms. The van der Waals surface area contributed by atoms with Gasteiger partial charge in [-0.15, -0.1) is 11.8 Å². The lowest BCUT2D eigenvalue weighted by molar-refractivity contribution is 0.0951. The van der Waals surface area contributed by atoms with E-state index < -0.39 is 0 Å². The average molecular weight is 317 g/mol.